The highest BCUT2D eigenvalue weighted by molar-refractivity contribution is 7.80. The number of H-pyrrole nitrogens is 1. The van der Waals surface area contributed by atoms with Gasteiger partial charge in [-0.2, -0.15) is 0 Å². The first-order chi connectivity index (χ1) is 10.3. The number of nitrogens with one attached hydrogen (secondary N) is 1. The number of nitrogens with zero attached hydrogens (tertiary/aromatic N) is 1. The summed E-state index contributed by atoms with van der Waals surface area (Å²) in [4.78, 5) is 3.25. The largest absolute Gasteiger partial charge is 0.486 e. The Balaban J connectivity index is 1.68. The molecular formula is C16H20N2O2S. The van der Waals surface area contributed by atoms with E-state index in [1.807, 2.05) is 12.3 Å². The van der Waals surface area contributed by atoms with E-state index in [2.05, 4.69) is 27.8 Å². The lowest BCUT2D eigenvalue weighted by Crippen LogP contribution is -2.12. The van der Waals surface area contributed by atoms with Crippen molar-refractivity contribution in [1.82, 2.24) is 9.55 Å². The first-order valence-corrected chi connectivity index (χ1v) is 7.83. The highest BCUT2D eigenvalue weighted by Crippen LogP contribution is 2.35. The molecule has 0 saturated heterocycles. The second-order valence-electron chi connectivity index (χ2n) is 5.32. The summed E-state index contributed by atoms with van der Waals surface area (Å²) in [5, 5.41) is 9.45. The van der Waals surface area contributed by atoms with Crippen molar-refractivity contribution in [2.24, 2.45) is 0 Å². The Kier molecular flexibility index (Phi) is 4.41. The summed E-state index contributed by atoms with van der Waals surface area (Å²) in [7, 11) is 0. The molecule has 1 aliphatic rings. The van der Waals surface area contributed by atoms with E-state index in [1.165, 1.54) is 11.4 Å². The monoisotopic (exact) mass is 304 g/mol. The number of aliphatic hydroxyl groups is 1. The Morgan fingerprint density at radius 1 is 1.38 bits per heavy atom. The molecule has 2 aromatic heterocycles. The first kappa shape index (κ1) is 14.4. The Morgan fingerprint density at radius 3 is 3.05 bits per heavy atom. The van der Waals surface area contributed by atoms with Crippen LogP contribution in [0.15, 0.2) is 30.5 Å². The highest BCUT2D eigenvalue weighted by Gasteiger charge is 2.29. The third-order valence-corrected chi connectivity index (χ3v) is 4.37. The number of thiocarbonyl (C=S) groups is 1. The molecule has 0 aromatic carbocycles. The van der Waals surface area contributed by atoms with E-state index in [0.29, 0.717) is 11.7 Å². The summed E-state index contributed by atoms with van der Waals surface area (Å²) < 4.78 is 8.00. The molecule has 112 valence electrons. The number of aliphatic hydroxyl groups excluding tert-OH is 1. The Labute approximate surface area is 129 Å². The van der Waals surface area contributed by atoms with Crippen molar-refractivity contribution < 1.29 is 9.84 Å². The predicted octanol–water partition coefficient (Wildman–Crippen LogP) is 3.09. The maximum Gasteiger partial charge on any atom is 0.168 e. The second-order valence-corrected chi connectivity index (χ2v) is 5.72. The van der Waals surface area contributed by atoms with Gasteiger partial charge in [0.2, 0.25) is 0 Å². The van der Waals surface area contributed by atoms with Gasteiger partial charge in [0.25, 0.3) is 0 Å². The predicted molar refractivity (Wildman–Crippen MR) is 86.4 cm³/mol. The number of aromatic amines is 1. The van der Waals surface area contributed by atoms with Crippen molar-refractivity contribution in [3.05, 3.63) is 36.2 Å². The molecule has 0 radical (unpaired) electrons. The molecule has 5 heteroatoms. The molecule has 0 bridgehead atoms. The van der Waals surface area contributed by atoms with Gasteiger partial charge in [-0.1, -0.05) is 0 Å². The van der Waals surface area contributed by atoms with Gasteiger partial charge in [-0.3, -0.25) is 0 Å². The number of unbranched alkanes of at least 4 members (excludes halogenated alkanes) is 1. The average Bonchev–Trinajstić information content (AvgIpc) is 3.18. The van der Waals surface area contributed by atoms with E-state index in [1.54, 1.807) is 0 Å². The van der Waals surface area contributed by atoms with E-state index >= 15 is 0 Å². The molecule has 2 aromatic rings. The fraction of sp³-hybridized carbons (Fsp3) is 0.438. The minimum atomic E-state index is 0.206. The topological polar surface area (TPSA) is 50.2 Å². The molecular weight excluding hydrogens is 284 g/mol. The van der Waals surface area contributed by atoms with Gasteiger partial charge in [0, 0.05) is 25.0 Å². The van der Waals surface area contributed by atoms with Crippen molar-refractivity contribution in [2.45, 2.75) is 31.7 Å². The number of rotatable bonds is 6. The van der Waals surface area contributed by atoms with Crippen molar-refractivity contribution in [3.8, 4) is 11.4 Å². The summed E-state index contributed by atoms with van der Waals surface area (Å²) in [5.41, 5.74) is 3.59. The van der Waals surface area contributed by atoms with Gasteiger partial charge < -0.3 is 19.4 Å². The SMILES string of the molecule is OCCCCOC(=S)C1CCn2c(-c3ccc[nH]3)ccc21. The van der Waals surface area contributed by atoms with E-state index in [9.17, 15) is 0 Å². The van der Waals surface area contributed by atoms with Gasteiger partial charge >= 0.3 is 0 Å². The standard InChI is InChI=1S/C16H20N2O2S/c19-10-1-2-11-20-16(21)12-7-9-18-14(12)5-6-15(18)13-4-3-8-17-13/h3-6,8,12,17,19H,1-2,7,9-11H2. The fourth-order valence-electron chi connectivity index (χ4n) is 2.89. The lowest BCUT2D eigenvalue weighted by Gasteiger charge is -2.12. The molecule has 0 fully saturated rings. The molecule has 21 heavy (non-hydrogen) atoms. The summed E-state index contributed by atoms with van der Waals surface area (Å²) in [6.07, 6.45) is 4.55. The molecule has 1 atom stereocenters. The summed E-state index contributed by atoms with van der Waals surface area (Å²) in [6.45, 7) is 1.78. The number of hydrogen-bond acceptors (Lipinski definition) is 3. The maximum atomic E-state index is 8.77. The number of aromatic nitrogens is 2. The van der Waals surface area contributed by atoms with Crippen LogP contribution < -0.4 is 0 Å². The van der Waals surface area contributed by atoms with Gasteiger partial charge in [-0.15, -0.1) is 0 Å². The highest BCUT2D eigenvalue weighted by atomic mass is 32.1. The molecule has 0 amide bonds. The quantitative estimate of drug-likeness (QED) is 0.637. The van der Waals surface area contributed by atoms with Crippen LogP contribution in [0.1, 0.15) is 30.9 Å². The lowest BCUT2D eigenvalue weighted by molar-refractivity contribution is 0.246. The summed E-state index contributed by atoms with van der Waals surface area (Å²) in [6, 6.07) is 8.38. The van der Waals surface area contributed by atoms with Crippen LogP contribution in [0.5, 0.6) is 0 Å². The third kappa shape index (κ3) is 2.89. The molecule has 2 N–H and O–H groups in total. The van der Waals surface area contributed by atoms with E-state index in [-0.39, 0.29) is 12.5 Å². The van der Waals surface area contributed by atoms with Crippen molar-refractivity contribution in [3.63, 3.8) is 0 Å². The van der Waals surface area contributed by atoms with E-state index in [0.717, 1.165) is 31.5 Å². The normalized spacial score (nSPS) is 16.9. The average molecular weight is 304 g/mol. The molecule has 0 saturated carbocycles. The third-order valence-electron chi connectivity index (χ3n) is 3.97. The van der Waals surface area contributed by atoms with Crippen LogP contribution in [-0.4, -0.2) is 32.9 Å². The van der Waals surface area contributed by atoms with E-state index in [4.69, 9.17) is 22.1 Å². The molecule has 3 rings (SSSR count). The summed E-state index contributed by atoms with van der Waals surface area (Å²) >= 11 is 5.44. The molecule has 1 aliphatic heterocycles. The van der Waals surface area contributed by atoms with Gasteiger partial charge in [0.15, 0.2) is 5.05 Å². The van der Waals surface area contributed by atoms with Gasteiger partial charge in [-0.05, 0) is 55.7 Å². The van der Waals surface area contributed by atoms with Crippen molar-refractivity contribution >= 4 is 17.3 Å². The number of hydrogen-bond donors (Lipinski definition) is 2. The van der Waals surface area contributed by atoms with Crippen molar-refractivity contribution in [2.75, 3.05) is 13.2 Å². The van der Waals surface area contributed by atoms with Crippen LogP contribution >= 0.6 is 12.2 Å². The number of fused-ring (bicyclic) bond motifs is 1. The zero-order valence-electron chi connectivity index (χ0n) is 11.9. The zero-order chi connectivity index (χ0) is 14.7. The molecule has 4 nitrogen and oxygen atoms in total. The van der Waals surface area contributed by atoms with Crippen LogP contribution in [0, 0.1) is 0 Å². The fourth-order valence-corrected chi connectivity index (χ4v) is 3.22. The van der Waals surface area contributed by atoms with Gasteiger partial charge in [0.05, 0.1) is 23.9 Å². The first-order valence-electron chi connectivity index (χ1n) is 7.42. The Morgan fingerprint density at radius 2 is 2.29 bits per heavy atom. The maximum absolute atomic E-state index is 8.77. The second kappa shape index (κ2) is 6.45. The molecule has 3 heterocycles. The van der Waals surface area contributed by atoms with Crippen LogP contribution in [0.3, 0.4) is 0 Å². The minimum Gasteiger partial charge on any atom is -0.486 e. The molecule has 0 aliphatic carbocycles. The molecule has 0 spiro atoms. The van der Waals surface area contributed by atoms with Crippen LogP contribution in [-0.2, 0) is 11.3 Å². The zero-order valence-corrected chi connectivity index (χ0v) is 12.7. The lowest BCUT2D eigenvalue weighted by atomic mass is 10.1. The van der Waals surface area contributed by atoms with Crippen LogP contribution in [0.4, 0.5) is 0 Å². The van der Waals surface area contributed by atoms with Crippen LogP contribution in [0.2, 0.25) is 0 Å². The van der Waals surface area contributed by atoms with Gasteiger partial charge in [0.1, 0.15) is 0 Å². The van der Waals surface area contributed by atoms with Gasteiger partial charge in [-0.25, -0.2) is 0 Å². The Hall–Kier alpha value is -1.59. The molecule has 1 unspecified atom stereocenters. The smallest absolute Gasteiger partial charge is 0.168 e. The minimum absolute atomic E-state index is 0.206. The van der Waals surface area contributed by atoms with E-state index < -0.39 is 0 Å². The van der Waals surface area contributed by atoms with Crippen molar-refractivity contribution in [1.29, 1.82) is 0 Å². The number of ether oxygens (including phenoxy) is 1. The Bertz CT molecular complexity index is 604. The van der Waals surface area contributed by atoms with Crippen LogP contribution in [0.25, 0.3) is 11.4 Å². The summed E-state index contributed by atoms with van der Waals surface area (Å²) in [5.74, 6) is 0.206.